The second kappa shape index (κ2) is 4.21. The molecule has 2 rings (SSSR count). The molecule has 2 heterocycles. The van der Waals surface area contributed by atoms with Crippen molar-refractivity contribution in [1.29, 1.82) is 0 Å². The largest absolute Gasteiger partial charge is 0.396 e. The van der Waals surface area contributed by atoms with Gasteiger partial charge in [0.05, 0.1) is 31.3 Å². The van der Waals surface area contributed by atoms with Crippen LogP contribution in [0.25, 0.3) is 0 Å². The summed E-state index contributed by atoms with van der Waals surface area (Å²) in [6.45, 7) is 3.16. The molecule has 1 fully saturated rings. The number of hydrogen-bond acceptors (Lipinski definition) is 6. The summed E-state index contributed by atoms with van der Waals surface area (Å²) in [4.78, 5) is 8.09. The zero-order chi connectivity index (χ0) is 9.80. The standard InChI is InChI=1S/C8H13N5O/c9-7-5-10-8(11-6-7)12-13-1-3-14-4-2-13/h5-6H,1-4,9H2,(H,10,11,12). The normalized spacial score (nSPS) is 18.0. The minimum Gasteiger partial charge on any atom is -0.396 e. The second-order valence-electron chi connectivity index (χ2n) is 3.05. The SMILES string of the molecule is Nc1cnc(NN2CCOCC2)nc1. The van der Waals surface area contributed by atoms with E-state index in [4.69, 9.17) is 10.5 Å². The van der Waals surface area contributed by atoms with E-state index in [0.29, 0.717) is 11.6 Å². The third-order valence-corrected chi connectivity index (χ3v) is 1.94. The van der Waals surface area contributed by atoms with E-state index in [9.17, 15) is 0 Å². The van der Waals surface area contributed by atoms with Crippen molar-refractivity contribution in [2.75, 3.05) is 37.5 Å². The van der Waals surface area contributed by atoms with Crippen LogP contribution < -0.4 is 11.2 Å². The Labute approximate surface area is 82.1 Å². The van der Waals surface area contributed by atoms with E-state index in [0.717, 1.165) is 26.3 Å². The average molecular weight is 195 g/mol. The molecule has 0 aliphatic carbocycles. The second-order valence-corrected chi connectivity index (χ2v) is 3.05. The molecule has 0 atom stereocenters. The van der Waals surface area contributed by atoms with Crippen molar-refractivity contribution in [2.24, 2.45) is 0 Å². The Hall–Kier alpha value is -1.40. The molecule has 3 N–H and O–H groups in total. The van der Waals surface area contributed by atoms with Gasteiger partial charge in [-0.05, 0) is 0 Å². The molecule has 1 aromatic heterocycles. The fourth-order valence-corrected chi connectivity index (χ4v) is 1.21. The van der Waals surface area contributed by atoms with Crippen LogP contribution in [0.1, 0.15) is 0 Å². The van der Waals surface area contributed by atoms with Crippen LogP contribution in [0, 0.1) is 0 Å². The van der Waals surface area contributed by atoms with Crippen molar-refractivity contribution in [3.8, 4) is 0 Å². The van der Waals surface area contributed by atoms with E-state index in [1.54, 1.807) is 12.4 Å². The molecule has 14 heavy (non-hydrogen) atoms. The highest BCUT2D eigenvalue weighted by Gasteiger charge is 2.10. The van der Waals surface area contributed by atoms with Crippen LogP contribution in [-0.4, -0.2) is 41.3 Å². The Balaban J connectivity index is 1.92. The number of nitrogens with two attached hydrogens (primary N) is 1. The summed E-state index contributed by atoms with van der Waals surface area (Å²) in [7, 11) is 0. The van der Waals surface area contributed by atoms with Gasteiger partial charge in [-0.2, -0.15) is 0 Å². The molecule has 0 aromatic carbocycles. The van der Waals surface area contributed by atoms with Gasteiger partial charge in [-0.1, -0.05) is 0 Å². The number of hydrogen-bond donors (Lipinski definition) is 2. The number of morpholine rings is 1. The zero-order valence-electron chi connectivity index (χ0n) is 7.81. The number of ether oxygens (including phenoxy) is 1. The van der Waals surface area contributed by atoms with Crippen molar-refractivity contribution >= 4 is 11.6 Å². The molecule has 1 saturated heterocycles. The van der Waals surface area contributed by atoms with Gasteiger partial charge in [-0.3, -0.25) is 5.43 Å². The zero-order valence-corrected chi connectivity index (χ0v) is 7.81. The van der Waals surface area contributed by atoms with Gasteiger partial charge in [0.25, 0.3) is 0 Å². The van der Waals surface area contributed by atoms with Gasteiger partial charge in [-0.15, -0.1) is 0 Å². The molecule has 0 unspecified atom stereocenters. The Morgan fingerprint density at radius 2 is 1.93 bits per heavy atom. The Kier molecular flexibility index (Phi) is 2.76. The Bertz CT molecular complexity index is 282. The monoisotopic (exact) mass is 195 g/mol. The molecule has 6 heteroatoms. The maximum Gasteiger partial charge on any atom is 0.237 e. The summed E-state index contributed by atoms with van der Waals surface area (Å²) >= 11 is 0. The van der Waals surface area contributed by atoms with Gasteiger partial charge in [0.2, 0.25) is 5.95 Å². The summed E-state index contributed by atoms with van der Waals surface area (Å²) in [6.07, 6.45) is 3.16. The van der Waals surface area contributed by atoms with Crippen LogP contribution in [0.15, 0.2) is 12.4 Å². The van der Waals surface area contributed by atoms with E-state index in [1.807, 2.05) is 5.01 Å². The van der Waals surface area contributed by atoms with E-state index in [1.165, 1.54) is 0 Å². The lowest BCUT2D eigenvalue weighted by Crippen LogP contribution is -2.40. The van der Waals surface area contributed by atoms with Crippen LogP contribution in [0.2, 0.25) is 0 Å². The summed E-state index contributed by atoms with van der Waals surface area (Å²) < 4.78 is 5.21. The number of nitrogens with one attached hydrogen (secondary N) is 1. The maximum absolute atomic E-state index is 5.47. The molecular formula is C8H13N5O. The van der Waals surface area contributed by atoms with Gasteiger partial charge in [0.15, 0.2) is 0 Å². The van der Waals surface area contributed by atoms with Crippen molar-refractivity contribution in [1.82, 2.24) is 15.0 Å². The number of anilines is 2. The Morgan fingerprint density at radius 3 is 2.57 bits per heavy atom. The molecule has 0 radical (unpaired) electrons. The van der Waals surface area contributed by atoms with E-state index >= 15 is 0 Å². The number of aromatic nitrogens is 2. The van der Waals surface area contributed by atoms with Gasteiger partial charge in [0.1, 0.15) is 0 Å². The lowest BCUT2D eigenvalue weighted by Gasteiger charge is -2.26. The van der Waals surface area contributed by atoms with Crippen LogP contribution >= 0.6 is 0 Å². The van der Waals surface area contributed by atoms with Gasteiger partial charge in [0, 0.05) is 13.1 Å². The minimum absolute atomic E-state index is 0.567. The van der Waals surface area contributed by atoms with Crippen LogP contribution in [0.4, 0.5) is 11.6 Å². The van der Waals surface area contributed by atoms with Gasteiger partial charge >= 0.3 is 0 Å². The third kappa shape index (κ3) is 2.30. The maximum atomic E-state index is 5.47. The predicted octanol–water partition coefficient (Wildman–Crippen LogP) is -0.282. The number of rotatable bonds is 2. The number of nitrogen functional groups attached to an aromatic ring is 1. The van der Waals surface area contributed by atoms with Crippen LogP contribution in [0.5, 0.6) is 0 Å². The van der Waals surface area contributed by atoms with Gasteiger partial charge < -0.3 is 10.5 Å². The first-order valence-electron chi connectivity index (χ1n) is 4.51. The molecule has 0 amide bonds. The van der Waals surface area contributed by atoms with Crippen LogP contribution in [-0.2, 0) is 4.74 Å². The summed E-state index contributed by atoms with van der Waals surface area (Å²) in [6, 6.07) is 0. The van der Waals surface area contributed by atoms with Crippen molar-refractivity contribution in [3.63, 3.8) is 0 Å². The average Bonchev–Trinajstić information content (AvgIpc) is 2.23. The first kappa shape index (κ1) is 9.17. The third-order valence-electron chi connectivity index (χ3n) is 1.94. The molecular weight excluding hydrogens is 182 g/mol. The molecule has 1 aliphatic rings. The summed E-state index contributed by atoms with van der Waals surface area (Å²) in [5, 5.41) is 2.02. The molecule has 0 bridgehead atoms. The number of nitrogens with zero attached hydrogens (tertiary/aromatic N) is 3. The highest BCUT2D eigenvalue weighted by molar-refractivity contribution is 5.35. The fraction of sp³-hybridized carbons (Fsp3) is 0.500. The highest BCUT2D eigenvalue weighted by atomic mass is 16.5. The molecule has 76 valence electrons. The quantitative estimate of drug-likeness (QED) is 0.675. The minimum atomic E-state index is 0.567. The van der Waals surface area contributed by atoms with Gasteiger partial charge in [-0.25, -0.2) is 15.0 Å². The number of hydrazine groups is 1. The smallest absolute Gasteiger partial charge is 0.237 e. The van der Waals surface area contributed by atoms with Crippen LogP contribution in [0.3, 0.4) is 0 Å². The van der Waals surface area contributed by atoms with Crippen molar-refractivity contribution < 1.29 is 4.74 Å². The Morgan fingerprint density at radius 1 is 1.29 bits per heavy atom. The van der Waals surface area contributed by atoms with E-state index < -0.39 is 0 Å². The summed E-state index contributed by atoms with van der Waals surface area (Å²) in [5.41, 5.74) is 9.12. The van der Waals surface area contributed by atoms with Crippen molar-refractivity contribution in [2.45, 2.75) is 0 Å². The predicted molar refractivity (Wildman–Crippen MR) is 52.5 cm³/mol. The molecule has 6 nitrogen and oxygen atoms in total. The first-order chi connectivity index (χ1) is 6.84. The molecule has 0 spiro atoms. The lowest BCUT2D eigenvalue weighted by atomic mass is 10.5. The van der Waals surface area contributed by atoms with E-state index in [-0.39, 0.29) is 0 Å². The van der Waals surface area contributed by atoms with E-state index in [2.05, 4.69) is 15.4 Å². The lowest BCUT2D eigenvalue weighted by molar-refractivity contribution is 0.0492. The topological polar surface area (TPSA) is 76.3 Å². The molecule has 0 saturated carbocycles. The first-order valence-corrected chi connectivity index (χ1v) is 4.51. The summed E-state index contributed by atoms with van der Waals surface area (Å²) in [5.74, 6) is 0.570. The highest BCUT2D eigenvalue weighted by Crippen LogP contribution is 2.03. The molecule has 1 aromatic rings. The fourth-order valence-electron chi connectivity index (χ4n) is 1.21. The van der Waals surface area contributed by atoms with Crippen molar-refractivity contribution in [3.05, 3.63) is 12.4 Å². The molecule has 1 aliphatic heterocycles.